The molecule has 4 aromatic rings. The number of thiazole rings is 1. The number of nitrogens with one attached hydrogen (secondary N) is 1. The van der Waals surface area contributed by atoms with E-state index in [0.29, 0.717) is 39.2 Å². The molecule has 0 amide bonds. The number of anilines is 2. The number of fused-ring (bicyclic) bond motifs is 5. The maximum Gasteiger partial charge on any atom is 0.318 e. The van der Waals surface area contributed by atoms with Gasteiger partial charge in [0.2, 0.25) is 0 Å². The molecule has 5 heterocycles. The summed E-state index contributed by atoms with van der Waals surface area (Å²) < 4.78 is 22.5. The van der Waals surface area contributed by atoms with Gasteiger partial charge in [-0.05, 0) is 37.5 Å². The molecule has 9 heteroatoms. The van der Waals surface area contributed by atoms with Gasteiger partial charge in [0.25, 0.3) is 0 Å². The molecule has 3 aliphatic rings. The number of nitrogens with zero attached hydrogens (tertiary/aromatic N) is 4. The maximum atomic E-state index is 16.2. The highest BCUT2D eigenvalue weighted by atomic mass is 32.1. The van der Waals surface area contributed by atoms with Crippen LogP contribution in [0.5, 0.6) is 6.01 Å². The molecular weight excluding hydrogens is 427 g/mol. The van der Waals surface area contributed by atoms with Gasteiger partial charge in [0.15, 0.2) is 10.9 Å². The van der Waals surface area contributed by atoms with Gasteiger partial charge in [0, 0.05) is 41.7 Å². The second-order valence-electron chi connectivity index (χ2n) is 8.51. The molecule has 0 spiro atoms. The Morgan fingerprint density at radius 2 is 2.09 bits per heavy atom. The number of para-hydroxylation sites is 1. The first kappa shape index (κ1) is 19.6. The third-order valence-corrected chi connectivity index (χ3v) is 7.45. The quantitative estimate of drug-likeness (QED) is 0.490. The van der Waals surface area contributed by atoms with E-state index in [9.17, 15) is 0 Å². The maximum absolute atomic E-state index is 16.2. The molecule has 3 fully saturated rings. The van der Waals surface area contributed by atoms with Crippen LogP contribution in [0.2, 0.25) is 0 Å². The molecule has 3 saturated heterocycles. The molecule has 3 aliphatic heterocycles. The highest BCUT2D eigenvalue weighted by molar-refractivity contribution is 7.22. The number of rotatable bonds is 3. The summed E-state index contributed by atoms with van der Waals surface area (Å²) in [6.45, 7) is 3.68. The van der Waals surface area contributed by atoms with Crippen molar-refractivity contribution < 1.29 is 9.13 Å². The Kier molecular flexibility index (Phi) is 4.44. The fourth-order valence-corrected chi connectivity index (χ4v) is 5.86. The summed E-state index contributed by atoms with van der Waals surface area (Å²) in [7, 11) is 1.51. The number of halogens is 1. The second kappa shape index (κ2) is 7.25. The molecule has 2 aromatic heterocycles. The topological polar surface area (TPSA) is 89.2 Å². The standard InChI is InChI=1S/C23H23FN6OS/c1-11-8-15-20(18(24)17(11)14-4-3-5-16-19(14)27-22(25)32-16)28-23(31-2)29-21(15)30-10-12-6-7-13(30)9-26-12/h3-5,8,12-13,26H,6-7,9-10H2,1-2H3,(H2,25,27). The van der Waals surface area contributed by atoms with Crippen LogP contribution in [-0.4, -0.2) is 47.2 Å². The van der Waals surface area contributed by atoms with E-state index in [2.05, 4.69) is 25.2 Å². The van der Waals surface area contributed by atoms with Crippen molar-refractivity contribution in [1.82, 2.24) is 20.3 Å². The number of nitrogens with two attached hydrogens (primary N) is 1. The summed E-state index contributed by atoms with van der Waals surface area (Å²) in [6.07, 6.45) is 2.25. The number of hydrogen-bond acceptors (Lipinski definition) is 8. The summed E-state index contributed by atoms with van der Waals surface area (Å²) in [5.41, 5.74) is 8.92. The summed E-state index contributed by atoms with van der Waals surface area (Å²) in [5.74, 6) is 0.356. The predicted octanol–water partition coefficient (Wildman–Crippen LogP) is 3.89. The van der Waals surface area contributed by atoms with E-state index in [-0.39, 0.29) is 17.3 Å². The van der Waals surface area contributed by atoms with Gasteiger partial charge >= 0.3 is 6.01 Å². The minimum atomic E-state index is -0.388. The SMILES string of the molecule is COc1nc(N2CC3CCC2CN3)c2cc(C)c(-c3cccc4sc(N)nc34)c(F)c2n1. The summed E-state index contributed by atoms with van der Waals surface area (Å²) >= 11 is 1.40. The molecule has 7 nitrogen and oxygen atoms in total. The number of hydrogen-bond donors (Lipinski definition) is 2. The van der Waals surface area contributed by atoms with Crippen molar-refractivity contribution >= 4 is 43.4 Å². The number of benzene rings is 2. The first-order valence-electron chi connectivity index (χ1n) is 10.7. The molecule has 2 atom stereocenters. The van der Waals surface area contributed by atoms with Gasteiger partial charge < -0.3 is 20.7 Å². The lowest BCUT2D eigenvalue weighted by atomic mass is 9.92. The van der Waals surface area contributed by atoms with Crippen molar-refractivity contribution in [2.45, 2.75) is 31.8 Å². The van der Waals surface area contributed by atoms with Gasteiger partial charge in [-0.2, -0.15) is 9.97 Å². The first-order valence-corrected chi connectivity index (χ1v) is 11.6. The van der Waals surface area contributed by atoms with Crippen LogP contribution in [0, 0.1) is 12.7 Å². The highest BCUT2D eigenvalue weighted by Crippen LogP contribution is 2.41. The molecule has 2 bridgehead atoms. The third kappa shape index (κ3) is 2.91. The molecule has 0 aliphatic carbocycles. The molecule has 164 valence electrons. The Labute approximate surface area is 188 Å². The summed E-state index contributed by atoms with van der Waals surface area (Å²) in [5, 5.41) is 4.74. The Morgan fingerprint density at radius 3 is 2.81 bits per heavy atom. The molecule has 7 rings (SSSR count). The molecule has 0 radical (unpaired) electrons. The number of aromatic nitrogens is 3. The van der Waals surface area contributed by atoms with E-state index in [4.69, 9.17) is 10.5 Å². The zero-order valence-corrected chi connectivity index (χ0v) is 18.7. The molecular formula is C23H23FN6OS. The molecule has 2 unspecified atom stereocenters. The van der Waals surface area contributed by atoms with Crippen molar-refractivity contribution in [2.24, 2.45) is 0 Å². The normalized spacial score (nSPS) is 20.4. The van der Waals surface area contributed by atoms with Gasteiger partial charge in [-0.15, -0.1) is 0 Å². The largest absolute Gasteiger partial charge is 0.467 e. The smallest absolute Gasteiger partial charge is 0.318 e. The average molecular weight is 451 g/mol. The van der Waals surface area contributed by atoms with Crippen molar-refractivity contribution in [1.29, 1.82) is 0 Å². The van der Waals surface area contributed by atoms with Crippen LogP contribution < -0.4 is 20.7 Å². The van der Waals surface area contributed by atoms with Crippen molar-refractivity contribution in [3.63, 3.8) is 0 Å². The van der Waals surface area contributed by atoms with Crippen LogP contribution in [0.15, 0.2) is 24.3 Å². The number of aryl methyl sites for hydroxylation is 1. The van der Waals surface area contributed by atoms with Crippen LogP contribution in [0.25, 0.3) is 32.2 Å². The van der Waals surface area contributed by atoms with E-state index in [0.717, 1.165) is 42.0 Å². The van der Waals surface area contributed by atoms with E-state index in [1.54, 1.807) is 0 Å². The monoisotopic (exact) mass is 450 g/mol. The number of ether oxygens (including phenoxy) is 1. The van der Waals surface area contributed by atoms with Crippen LogP contribution in [0.1, 0.15) is 18.4 Å². The molecule has 2 aromatic carbocycles. The summed E-state index contributed by atoms with van der Waals surface area (Å²) in [4.78, 5) is 15.8. The fraction of sp³-hybridized carbons (Fsp3) is 0.348. The molecule has 3 N–H and O–H groups in total. The Bertz CT molecular complexity index is 1360. The Hall–Kier alpha value is -3.04. The van der Waals surface area contributed by atoms with Gasteiger partial charge in [-0.3, -0.25) is 0 Å². The number of methoxy groups -OCH3 is 1. The van der Waals surface area contributed by atoms with Crippen LogP contribution >= 0.6 is 11.3 Å². The van der Waals surface area contributed by atoms with Crippen molar-refractivity contribution in [3.8, 4) is 17.1 Å². The summed E-state index contributed by atoms with van der Waals surface area (Å²) in [6, 6.07) is 8.66. The molecule has 0 saturated carbocycles. The van der Waals surface area contributed by atoms with Gasteiger partial charge in [0.1, 0.15) is 11.3 Å². The minimum absolute atomic E-state index is 0.173. The number of nitrogen functional groups attached to an aromatic ring is 1. The highest BCUT2D eigenvalue weighted by Gasteiger charge is 2.35. The molecule has 32 heavy (non-hydrogen) atoms. The van der Waals surface area contributed by atoms with E-state index >= 15 is 4.39 Å². The Morgan fingerprint density at radius 1 is 1.22 bits per heavy atom. The lowest BCUT2D eigenvalue weighted by Gasteiger charge is -2.46. The van der Waals surface area contributed by atoms with Crippen molar-refractivity contribution in [3.05, 3.63) is 35.6 Å². The first-order chi connectivity index (χ1) is 15.5. The van der Waals surface area contributed by atoms with E-state index in [1.807, 2.05) is 31.2 Å². The van der Waals surface area contributed by atoms with E-state index in [1.165, 1.54) is 18.4 Å². The number of piperazine rings is 1. The second-order valence-corrected chi connectivity index (χ2v) is 9.57. The van der Waals surface area contributed by atoms with Gasteiger partial charge in [-0.25, -0.2) is 9.37 Å². The van der Waals surface area contributed by atoms with Gasteiger partial charge in [-0.1, -0.05) is 23.5 Å². The van der Waals surface area contributed by atoms with Crippen LogP contribution in [-0.2, 0) is 0 Å². The lowest BCUT2D eigenvalue weighted by Crippen LogP contribution is -2.61. The fourth-order valence-electron chi connectivity index (χ4n) is 5.09. The number of piperidine rings is 2. The van der Waals surface area contributed by atoms with Crippen molar-refractivity contribution in [2.75, 3.05) is 30.8 Å². The van der Waals surface area contributed by atoms with Gasteiger partial charge in [0.05, 0.1) is 17.3 Å². The zero-order valence-electron chi connectivity index (χ0n) is 17.9. The average Bonchev–Trinajstić information content (AvgIpc) is 3.20. The third-order valence-electron chi connectivity index (χ3n) is 6.60. The zero-order chi connectivity index (χ0) is 22.0. The lowest BCUT2D eigenvalue weighted by molar-refractivity contribution is 0.288. The van der Waals surface area contributed by atoms with Crippen LogP contribution in [0.4, 0.5) is 15.3 Å². The predicted molar refractivity (Wildman–Crippen MR) is 126 cm³/mol. The van der Waals surface area contributed by atoms with E-state index < -0.39 is 0 Å². The minimum Gasteiger partial charge on any atom is -0.467 e. The Balaban J connectivity index is 1.60. The van der Waals surface area contributed by atoms with Crippen LogP contribution in [0.3, 0.4) is 0 Å².